The molecule has 7 heteroatoms. The van der Waals surface area contributed by atoms with Crippen LogP contribution in [-0.2, 0) is 0 Å². The summed E-state index contributed by atoms with van der Waals surface area (Å²) in [7, 11) is 0. The van der Waals surface area contributed by atoms with Gasteiger partial charge >= 0.3 is 6.36 Å². The van der Waals surface area contributed by atoms with Crippen LogP contribution >= 0.6 is 11.8 Å². The summed E-state index contributed by atoms with van der Waals surface area (Å²) in [5.41, 5.74) is 2.91. The number of ether oxygens (including phenoxy) is 1. The molecule has 0 fully saturated rings. The molecule has 0 bridgehead atoms. The van der Waals surface area contributed by atoms with Crippen LogP contribution in [0.1, 0.15) is 18.5 Å². The highest BCUT2D eigenvalue weighted by Gasteiger charge is 2.32. The van der Waals surface area contributed by atoms with E-state index in [1.807, 2.05) is 6.92 Å². The summed E-state index contributed by atoms with van der Waals surface area (Å²) in [5, 5.41) is 0. The Labute approximate surface area is 108 Å². The lowest BCUT2D eigenvalue weighted by molar-refractivity contribution is -0.275. The first-order chi connectivity index (χ1) is 8.48. The summed E-state index contributed by atoms with van der Waals surface area (Å²) < 4.78 is 40.8. The molecule has 0 amide bonds. The predicted octanol–water partition coefficient (Wildman–Crippen LogP) is 2.84. The van der Waals surface area contributed by atoms with Crippen LogP contribution in [0, 0.1) is 0 Å². The third-order valence-electron chi connectivity index (χ3n) is 2.21. The monoisotopic (exact) mass is 280 g/mol. The van der Waals surface area contributed by atoms with Crippen molar-refractivity contribution in [1.82, 2.24) is 5.43 Å². The number of nitrogens with one attached hydrogen (secondary N) is 1. The number of rotatable bonds is 6. The Morgan fingerprint density at radius 1 is 1.39 bits per heavy atom. The first-order valence-electron chi connectivity index (χ1n) is 5.36. The molecule has 0 aliphatic heterocycles. The highest BCUT2D eigenvalue weighted by molar-refractivity contribution is 7.99. The molecule has 1 aromatic rings. The zero-order chi connectivity index (χ0) is 13.6. The van der Waals surface area contributed by atoms with E-state index in [-0.39, 0.29) is 11.8 Å². The first kappa shape index (κ1) is 15.1. The Morgan fingerprint density at radius 3 is 2.61 bits per heavy atom. The van der Waals surface area contributed by atoms with Crippen molar-refractivity contribution in [3.8, 4) is 5.75 Å². The summed E-state index contributed by atoms with van der Waals surface area (Å²) >= 11 is 1.58. The normalized spacial score (nSPS) is 13.4. The number of benzene rings is 1. The molecule has 0 aromatic heterocycles. The third-order valence-corrected chi connectivity index (χ3v) is 3.19. The summed E-state index contributed by atoms with van der Waals surface area (Å²) in [6, 6.07) is 5.62. The highest BCUT2D eigenvalue weighted by atomic mass is 32.2. The van der Waals surface area contributed by atoms with Gasteiger partial charge in [0.05, 0.1) is 6.04 Å². The van der Waals surface area contributed by atoms with Gasteiger partial charge in [-0.25, -0.2) is 0 Å². The van der Waals surface area contributed by atoms with E-state index in [0.717, 1.165) is 5.75 Å². The van der Waals surface area contributed by atoms with Crippen molar-refractivity contribution in [3.05, 3.63) is 29.8 Å². The molecule has 1 atom stereocenters. The van der Waals surface area contributed by atoms with Crippen LogP contribution in [0.15, 0.2) is 24.3 Å². The lowest BCUT2D eigenvalue weighted by atomic mass is 10.1. The maximum absolute atomic E-state index is 12.3. The van der Waals surface area contributed by atoms with Gasteiger partial charge in [-0.15, -0.1) is 13.2 Å². The minimum atomic E-state index is -4.70. The van der Waals surface area contributed by atoms with Crippen molar-refractivity contribution < 1.29 is 17.9 Å². The standard InChI is InChI=1S/C11H15F3N2OS/c1-2-18-7-9(16-15)8-5-3-4-6-10(8)17-11(12,13)14/h3-6,9,16H,2,7,15H2,1H3. The Morgan fingerprint density at radius 2 is 2.06 bits per heavy atom. The molecule has 0 radical (unpaired) electrons. The second-order valence-corrected chi connectivity index (χ2v) is 4.78. The van der Waals surface area contributed by atoms with Gasteiger partial charge in [-0.05, 0) is 11.8 Å². The van der Waals surface area contributed by atoms with Crippen molar-refractivity contribution in [1.29, 1.82) is 0 Å². The van der Waals surface area contributed by atoms with E-state index >= 15 is 0 Å². The van der Waals surface area contributed by atoms with Gasteiger partial charge in [0, 0.05) is 11.3 Å². The smallest absolute Gasteiger partial charge is 0.405 e. The summed E-state index contributed by atoms with van der Waals surface area (Å²) in [4.78, 5) is 0. The number of halogens is 3. The number of hydrogen-bond donors (Lipinski definition) is 2. The molecule has 1 rings (SSSR count). The molecule has 0 spiro atoms. The molecule has 1 unspecified atom stereocenters. The molecular formula is C11H15F3N2OS. The number of hydrogen-bond acceptors (Lipinski definition) is 4. The number of nitrogens with two attached hydrogens (primary N) is 1. The molecule has 18 heavy (non-hydrogen) atoms. The minimum Gasteiger partial charge on any atom is -0.405 e. The van der Waals surface area contributed by atoms with E-state index in [1.165, 1.54) is 12.1 Å². The molecule has 0 saturated heterocycles. The van der Waals surface area contributed by atoms with Crippen LogP contribution in [0.3, 0.4) is 0 Å². The van der Waals surface area contributed by atoms with Crippen LogP contribution in [-0.4, -0.2) is 17.9 Å². The zero-order valence-corrected chi connectivity index (χ0v) is 10.6. The Hall–Kier alpha value is -0.920. The van der Waals surface area contributed by atoms with Crippen molar-refractivity contribution in [2.24, 2.45) is 5.84 Å². The van der Waals surface area contributed by atoms with Crippen LogP contribution in [0.4, 0.5) is 13.2 Å². The van der Waals surface area contributed by atoms with Gasteiger partial charge in [-0.2, -0.15) is 11.8 Å². The minimum absolute atomic E-state index is 0.218. The predicted molar refractivity (Wildman–Crippen MR) is 66.2 cm³/mol. The molecular weight excluding hydrogens is 265 g/mol. The average Bonchev–Trinajstić information content (AvgIpc) is 2.30. The third kappa shape index (κ3) is 4.75. The Bertz CT molecular complexity index is 374. The van der Waals surface area contributed by atoms with Gasteiger partial charge in [0.2, 0.25) is 0 Å². The number of thioether (sulfide) groups is 1. The summed E-state index contributed by atoms with van der Waals surface area (Å²) in [6.07, 6.45) is -4.70. The van der Waals surface area contributed by atoms with Crippen molar-refractivity contribution in [2.75, 3.05) is 11.5 Å². The SMILES string of the molecule is CCSCC(NN)c1ccccc1OC(F)(F)F. The number of para-hydroxylation sites is 1. The summed E-state index contributed by atoms with van der Waals surface area (Å²) in [6.45, 7) is 1.97. The lowest BCUT2D eigenvalue weighted by Crippen LogP contribution is -2.30. The number of hydrazine groups is 1. The maximum Gasteiger partial charge on any atom is 0.573 e. The molecule has 3 N–H and O–H groups in total. The Balaban J connectivity index is 2.91. The fraction of sp³-hybridized carbons (Fsp3) is 0.455. The molecule has 0 saturated carbocycles. The zero-order valence-electron chi connectivity index (χ0n) is 9.83. The molecule has 102 valence electrons. The average molecular weight is 280 g/mol. The van der Waals surface area contributed by atoms with Gasteiger partial charge in [-0.3, -0.25) is 11.3 Å². The van der Waals surface area contributed by atoms with Gasteiger partial charge in [0.25, 0.3) is 0 Å². The van der Waals surface area contributed by atoms with Crippen molar-refractivity contribution in [2.45, 2.75) is 19.3 Å². The molecule has 0 aliphatic rings. The van der Waals surface area contributed by atoms with Gasteiger partial charge in [-0.1, -0.05) is 25.1 Å². The van der Waals surface area contributed by atoms with E-state index in [0.29, 0.717) is 11.3 Å². The van der Waals surface area contributed by atoms with Crippen molar-refractivity contribution in [3.63, 3.8) is 0 Å². The fourth-order valence-electron chi connectivity index (χ4n) is 1.45. The van der Waals surface area contributed by atoms with Crippen LogP contribution in [0.5, 0.6) is 5.75 Å². The van der Waals surface area contributed by atoms with Crippen LogP contribution in [0.25, 0.3) is 0 Å². The van der Waals surface area contributed by atoms with Gasteiger partial charge in [0.15, 0.2) is 0 Å². The van der Waals surface area contributed by atoms with Crippen LogP contribution < -0.4 is 16.0 Å². The highest BCUT2D eigenvalue weighted by Crippen LogP contribution is 2.31. The number of alkyl halides is 3. The van der Waals surface area contributed by atoms with Gasteiger partial charge < -0.3 is 4.74 Å². The van der Waals surface area contributed by atoms with E-state index in [9.17, 15) is 13.2 Å². The molecule has 0 heterocycles. The Kier molecular flexibility index (Phi) is 5.77. The van der Waals surface area contributed by atoms with E-state index in [2.05, 4.69) is 10.2 Å². The molecule has 0 aliphatic carbocycles. The maximum atomic E-state index is 12.3. The van der Waals surface area contributed by atoms with E-state index < -0.39 is 6.36 Å². The second-order valence-electron chi connectivity index (χ2n) is 3.46. The van der Waals surface area contributed by atoms with Crippen LogP contribution in [0.2, 0.25) is 0 Å². The second kappa shape index (κ2) is 6.86. The summed E-state index contributed by atoms with van der Waals surface area (Å²) in [5.74, 6) is 6.60. The van der Waals surface area contributed by atoms with Gasteiger partial charge in [0.1, 0.15) is 5.75 Å². The fourth-order valence-corrected chi connectivity index (χ4v) is 2.20. The molecule has 1 aromatic carbocycles. The van der Waals surface area contributed by atoms with E-state index in [4.69, 9.17) is 5.84 Å². The molecule has 3 nitrogen and oxygen atoms in total. The first-order valence-corrected chi connectivity index (χ1v) is 6.52. The van der Waals surface area contributed by atoms with E-state index in [1.54, 1.807) is 23.9 Å². The topological polar surface area (TPSA) is 47.3 Å². The quantitative estimate of drug-likeness (QED) is 0.621. The lowest BCUT2D eigenvalue weighted by Gasteiger charge is -2.20. The largest absolute Gasteiger partial charge is 0.573 e. The van der Waals surface area contributed by atoms with Crippen molar-refractivity contribution >= 4 is 11.8 Å².